The van der Waals surface area contributed by atoms with Gasteiger partial charge < -0.3 is 0 Å². The van der Waals surface area contributed by atoms with E-state index in [1.165, 1.54) is 0 Å². The lowest BCUT2D eigenvalue weighted by atomic mass is 9.73. The van der Waals surface area contributed by atoms with Crippen LogP contribution in [0.1, 0.15) is 0 Å². The van der Waals surface area contributed by atoms with Crippen molar-refractivity contribution in [3.63, 3.8) is 0 Å². The molecule has 0 nitrogen and oxygen atoms in total. The monoisotopic (exact) mass is 162 g/mol. The van der Waals surface area contributed by atoms with Crippen molar-refractivity contribution in [2.24, 2.45) is 0 Å². The van der Waals surface area contributed by atoms with E-state index in [2.05, 4.69) is 0 Å². The fraction of sp³-hybridized carbons (Fsp3) is 0. The van der Waals surface area contributed by atoms with Crippen LogP contribution >= 0.6 is 45.8 Å². The van der Waals surface area contributed by atoms with Gasteiger partial charge in [0, 0.05) is 0 Å². The lowest BCUT2D eigenvalue weighted by molar-refractivity contribution is 3.79. The number of hydrogen-bond donors (Lipinski definition) is 0. The van der Waals surface area contributed by atoms with Crippen molar-refractivity contribution in [1.29, 1.82) is 0 Å². The molecule has 6 heteroatoms. The van der Waals surface area contributed by atoms with Crippen LogP contribution in [-0.4, -0.2) is 10.9 Å². The zero-order valence-electron chi connectivity index (χ0n) is 2.67. The number of hydrogen-bond acceptors (Lipinski definition) is 0. The molecule has 0 aromatic carbocycles. The minimum Gasteiger partial charge on any atom is -0.178 e. The maximum Gasteiger partial charge on any atom is 0.357 e. The number of halogens is 4. The molecule has 6 heavy (non-hydrogen) atoms. The van der Waals surface area contributed by atoms with Crippen LogP contribution in [0.4, 0.5) is 0 Å². The molecule has 0 atom stereocenters. The molecule has 0 saturated heterocycles. The van der Waals surface area contributed by atoms with Gasteiger partial charge in [-0.2, -0.15) is 45.8 Å². The lowest BCUT2D eigenvalue weighted by Gasteiger charge is -1.84. The Morgan fingerprint density at radius 1 is 0.667 bits per heavy atom. The van der Waals surface area contributed by atoms with Crippen molar-refractivity contribution in [3.8, 4) is 0 Å². The van der Waals surface area contributed by atoms with Gasteiger partial charge in [0.05, 0.1) is 0 Å². The molecule has 0 aromatic heterocycles. The molecular formula is B2Cl4. The zero-order valence-corrected chi connectivity index (χ0v) is 5.69. The van der Waals surface area contributed by atoms with Crippen molar-refractivity contribution in [2.45, 2.75) is 0 Å². The Kier molecular flexibility index (Phi) is 4.02. The summed E-state index contributed by atoms with van der Waals surface area (Å²) in [6, 6.07) is 0. The first kappa shape index (κ1) is 7.29. The number of rotatable bonds is 1. The van der Waals surface area contributed by atoms with Crippen LogP contribution in [0.3, 0.4) is 0 Å². The van der Waals surface area contributed by atoms with Gasteiger partial charge in [-0.25, -0.2) is 0 Å². The first-order valence-electron chi connectivity index (χ1n) is 1.21. The third-order valence-electron chi connectivity index (χ3n) is 0.190. The Hall–Kier alpha value is 1.29. The van der Waals surface area contributed by atoms with Gasteiger partial charge in [-0.1, -0.05) is 0 Å². The van der Waals surface area contributed by atoms with Gasteiger partial charge in [-0.05, 0) is 0 Å². The van der Waals surface area contributed by atoms with Crippen molar-refractivity contribution in [1.82, 2.24) is 0 Å². The highest BCUT2D eigenvalue weighted by molar-refractivity contribution is 7.79. The summed E-state index contributed by atoms with van der Waals surface area (Å²) in [5, 5.41) is 0. The molecule has 0 amide bonds. The van der Waals surface area contributed by atoms with Gasteiger partial charge in [-0.15, -0.1) is 0 Å². The molecule has 34 valence electrons. The van der Waals surface area contributed by atoms with Gasteiger partial charge in [0.1, 0.15) is 0 Å². The molecule has 0 aliphatic rings. The van der Waals surface area contributed by atoms with Crippen LogP contribution < -0.4 is 0 Å². The van der Waals surface area contributed by atoms with E-state index in [0.29, 0.717) is 0 Å². The normalized spacial score (nSPS) is 8.00. The van der Waals surface area contributed by atoms with E-state index in [-0.39, 0.29) is 0 Å². The van der Waals surface area contributed by atoms with E-state index < -0.39 is 10.9 Å². The Balaban J connectivity index is 2.99. The average molecular weight is 163 g/mol. The third kappa shape index (κ3) is 3.48. The maximum atomic E-state index is 5.11. The minimum absolute atomic E-state index is 0.673. The van der Waals surface area contributed by atoms with Crippen LogP contribution in [0.5, 0.6) is 0 Å². The van der Waals surface area contributed by atoms with Crippen LogP contribution in [-0.2, 0) is 0 Å². The summed E-state index contributed by atoms with van der Waals surface area (Å²) in [6.07, 6.45) is 0. The predicted octanol–water partition coefficient (Wildman–Crippen LogP) is 2.00. The van der Waals surface area contributed by atoms with Crippen molar-refractivity contribution >= 4 is 56.7 Å². The highest BCUT2D eigenvalue weighted by Gasteiger charge is 2.20. The van der Waals surface area contributed by atoms with Crippen LogP contribution in [0.25, 0.3) is 0 Å². The lowest BCUT2D eigenvalue weighted by Crippen LogP contribution is -2.10. The Labute approximate surface area is 56.9 Å². The summed E-state index contributed by atoms with van der Waals surface area (Å²) >= 11 is 20.5. The zero-order chi connectivity index (χ0) is 5.15. The summed E-state index contributed by atoms with van der Waals surface area (Å²) < 4.78 is 0. The predicted molar refractivity (Wildman–Crippen MR) is 34.9 cm³/mol. The van der Waals surface area contributed by atoms with Crippen molar-refractivity contribution < 1.29 is 0 Å². The van der Waals surface area contributed by atoms with E-state index in [1.54, 1.807) is 0 Å². The van der Waals surface area contributed by atoms with E-state index in [9.17, 15) is 0 Å². The second-order valence-corrected chi connectivity index (χ2v) is 3.00. The van der Waals surface area contributed by atoms with Gasteiger partial charge in [0.2, 0.25) is 0 Å². The Morgan fingerprint density at radius 2 is 0.833 bits per heavy atom. The van der Waals surface area contributed by atoms with E-state index in [4.69, 9.17) is 45.8 Å². The molecule has 0 aliphatic heterocycles. The fourth-order valence-electron chi connectivity index (χ4n) is 0. The van der Waals surface area contributed by atoms with Crippen LogP contribution in [0.2, 0.25) is 0 Å². The average Bonchev–Trinajstić information content (AvgIpc) is 1.36. The standard InChI is InChI=1S/B2Cl4/c3-1(4)2(5)6. The molecule has 0 bridgehead atoms. The third-order valence-corrected chi connectivity index (χ3v) is 1.71. The van der Waals surface area contributed by atoms with E-state index in [1.807, 2.05) is 0 Å². The topological polar surface area (TPSA) is 0 Å². The molecule has 0 heterocycles. The highest BCUT2D eigenvalue weighted by Crippen LogP contribution is 2.07. The van der Waals surface area contributed by atoms with Crippen LogP contribution in [0, 0.1) is 0 Å². The summed E-state index contributed by atoms with van der Waals surface area (Å²) in [5.41, 5.74) is -1.35. The smallest absolute Gasteiger partial charge is 0.178 e. The molecule has 0 N–H and O–H groups in total. The molecule has 0 unspecified atom stereocenters. The molecule has 0 aromatic rings. The Bertz CT molecular complexity index is 26.5. The van der Waals surface area contributed by atoms with E-state index >= 15 is 0 Å². The maximum absolute atomic E-state index is 5.11. The first-order valence-corrected chi connectivity index (χ1v) is 2.95. The summed E-state index contributed by atoms with van der Waals surface area (Å²) in [6.45, 7) is 0. The molecule has 0 aliphatic carbocycles. The van der Waals surface area contributed by atoms with Gasteiger partial charge >= 0.3 is 10.9 Å². The molecule has 0 rings (SSSR count). The summed E-state index contributed by atoms with van der Waals surface area (Å²) in [7, 11) is 0. The largest absolute Gasteiger partial charge is 0.357 e. The van der Waals surface area contributed by atoms with Crippen molar-refractivity contribution in [2.75, 3.05) is 0 Å². The highest BCUT2D eigenvalue weighted by atomic mass is 35.5. The van der Waals surface area contributed by atoms with E-state index in [0.717, 1.165) is 0 Å². The second-order valence-electron chi connectivity index (χ2n) is 0.669. The van der Waals surface area contributed by atoms with Crippen LogP contribution in [0.15, 0.2) is 0 Å². The van der Waals surface area contributed by atoms with Gasteiger partial charge in [0.25, 0.3) is 0 Å². The first-order chi connectivity index (χ1) is 2.64. The van der Waals surface area contributed by atoms with Gasteiger partial charge in [0.15, 0.2) is 0 Å². The van der Waals surface area contributed by atoms with Crippen molar-refractivity contribution in [3.05, 3.63) is 0 Å². The molecular weight excluding hydrogens is 163 g/mol. The molecule has 0 spiro atoms. The SMILES string of the molecule is ClB(Cl)B(Cl)Cl. The molecule has 0 radical (unpaired) electrons. The Morgan fingerprint density at radius 3 is 0.833 bits per heavy atom. The minimum atomic E-state index is -0.673. The fourth-order valence-corrected chi connectivity index (χ4v) is 0. The van der Waals surface area contributed by atoms with Gasteiger partial charge in [-0.3, -0.25) is 0 Å². The molecule has 0 saturated carbocycles. The summed E-state index contributed by atoms with van der Waals surface area (Å²) in [5.74, 6) is 0. The quantitative estimate of drug-likeness (QED) is 0.519. The molecule has 0 fully saturated rings. The summed E-state index contributed by atoms with van der Waals surface area (Å²) in [4.78, 5) is 0. The second kappa shape index (κ2) is 3.31.